The maximum absolute atomic E-state index is 10.8. The molecule has 0 atom stereocenters. The summed E-state index contributed by atoms with van der Waals surface area (Å²) in [5, 5.41) is 19.6. The van der Waals surface area contributed by atoms with Crippen LogP contribution in [0, 0.1) is 0 Å². The summed E-state index contributed by atoms with van der Waals surface area (Å²) in [7, 11) is 0. The Hall–Kier alpha value is -2.23. The quantitative estimate of drug-likeness (QED) is 0.617. The summed E-state index contributed by atoms with van der Waals surface area (Å²) >= 11 is 0. The van der Waals surface area contributed by atoms with Crippen molar-refractivity contribution >= 4 is 22.4 Å². The zero-order chi connectivity index (χ0) is 11.0. The molecule has 0 aliphatic rings. The summed E-state index contributed by atoms with van der Waals surface area (Å²) < 4.78 is 0. The molecule has 4 nitrogen and oxygen atoms in total. The maximum atomic E-state index is 10.8. The van der Waals surface area contributed by atoms with Gasteiger partial charge in [-0.1, -0.05) is 12.1 Å². The number of hydrogen-bond acceptors (Lipinski definition) is 3. The summed E-state index contributed by atoms with van der Waals surface area (Å²) in [6, 6.07) is 7.96. The molecule has 4 heteroatoms. The minimum absolute atomic E-state index is 0.117. The van der Waals surface area contributed by atoms with Gasteiger partial charge < -0.3 is 15.9 Å². The Kier molecular flexibility index (Phi) is 1.97. The monoisotopic (exact) mass is 203 g/mol. The molecule has 76 valence electrons. The number of anilines is 1. The third kappa shape index (κ3) is 1.46. The molecule has 0 aliphatic heterocycles. The predicted octanol–water partition coefficient (Wildman–Crippen LogP) is 1.83. The Labute approximate surface area is 85.6 Å². The molecule has 0 spiro atoms. The first-order valence-corrected chi connectivity index (χ1v) is 4.34. The van der Waals surface area contributed by atoms with Gasteiger partial charge in [0, 0.05) is 11.1 Å². The van der Waals surface area contributed by atoms with Crippen molar-refractivity contribution < 1.29 is 15.0 Å². The van der Waals surface area contributed by atoms with Crippen LogP contribution in [0.1, 0.15) is 10.4 Å². The van der Waals surface area contributed by atoms with Gasteiger partial charge in [0.1, 0.15) is 11.3 Å². The van der Waals surface area contributed by atoms with E-state index in [-0.39, 0.29) is 11.3 Å². The van der Waals surface area contributed by atoms with Gasteiger partial charge in [-0.05, 0) is 23.6 Å². The van der Waals surface area contributed by atoms with Crippen molar-refractivity contribution in [2.45, 2.75) is 0 Å². The molecule has 0 amide bonds. The van der Waals surface area contributed by atoms with Gasteiger partial charge in [0.05, 0.1) is 0 Å². The molecule has 0 radical (unpaired) electrons. The van der Waals surface area contributed by atoms with E-state index in [9.17, 15) is 9.90 Å². The van der Waals surface area contributed by atoms with Gasteiger partial charge in [-0.15, -0.1) is 0 Å². The molecular formula is C11H9NO3. The van der Waals surface area contributed by atoms with Gasteiger partial charge in [0.2, 0.25) is 0 Å². The average molecular weight is 203 g/mol. The van der Waals surface area contributed by atoms with Crippen LogP contribution in [-0.4, -0.2) is 16.2 Å². The highest BCUT2D eigenvalue weighted by Gasteiger charge is 2.11. The van der Waals surface area contributed by atoms with Crippen molar-refractivity contribution in [3.63, 3.8) is 0 Å². The number of carboxylic acid groups (broad SMARTS) is 1. The van der Waals surface area contributed by atoms with E-state index in [4.69, 9.17) is 10.8 Å². The first kappa shape index (κ1) is 9.33. The van der Waals surface area contributed by atoms with Crippen molar-refractivity contribution in [3.8, 4) is 5.75 Å². The van der Waals surface area contributed by atoms with Gasteiger partial charge >= 0.3 is 5.97 Å². The highest BCUT2D eigenvalue weighted by molar-refractivity contribution is 6.01. The number of fused-ring (bicyclic) bond motifs is 1. The molecule has 0 heterocycles. The van der Waals surface area contributed by atoms with Gasteiger partial charge in [-0.25, -0.2) is 4.79 Å². The molecule has 0 saturated carbocycles. The lowest BCUT2D eigenvalue weighted by molar-refractivity contribution is 0.0694. The summed E-state index contributed by atoms with van der Waals surface area (Å²) in [5.74, 6) is -1.43. The predicted molar refractivity (Wildman–Crippen MR) is 57.0 cm³/mol. The second-order valence-electron chi connectivity index (χ2n) is 3.24. The fourth-order valence-corrected chi connectivity index (χ4v) is 1.51. The second kappa shape index (κ2) is 3.16. The van der Waals surface area contributed by atoms with Crippen molar-refractivity contribution in [1.29, 1.82) is 0 Å². The number of phenols is 1. The number of rotatable bonds is 1. The summed E-state index contributed by atoms with van der Waals surface area (Å²) in [4.78, 5) is 10.8. The van der Waals surface area contributed by atoms with Crippen LogP contribution in [0.5, 0.6) is 5.75 Å². The van der Waals surface area contributed by atoms with Crippen LogP contribution < -0.4 is 5.73 Å². The van der Waals surface area contributed by atoms with Crippen molar-refractivity contribution in [2.24, 2.45) is 0 Å². The van der Waals surface area contributed by atoms with Crippen molar-refractivity contribution in [2.75, 3.05) is 5.73 Å². The topological polar surface area (TPSA) is 83.6 Å². The van der Waals surface area contributed by atoms with Crippen LogP contribution >= 0.6 is 0 Å². The highest BCUT2D eigenvalue weighted by atomic mass is 16.4. The lowest BCUT2D eigenvalue weighted by Crippen LogP contribution is -1.97. The van der Waals surface area contributed by atoms with E-state index in [0.717, 1.165) is 0 Å². The van der Waals surface area contributed by atoms with E-state index in [1.807, 2.05) is 0 Å². The minimum atomic E-state index is -1.16. The third-order valence-electron chi connectivity index (χ3n) is 2.26. The molecule has 0 aromatic heterocycles. The van der Waals surface area contributed by atoms with Gasteiger partial charge in [0.15, 0.2) is 0 Å². The molecule has 2 aromatic rings. The number of aromatic carboxylic acids is 1. The Balaban J connectivity index is 2.82. The van der Waals surface area contributed by atoms with E-state index in [1.165, 1.54) is 12.1 Å². The smallest absolute Gasteiger partial charge is 0.339 e. The maximum Gasteiger partial charge on any atom is 0.339 e. The Morgan fingerprint density at radius 2 is 2.00 bits per heavy atom. The minimum Gasteiger partial charge on any atom is -0.507 e. The van der Waals surface area contributed by atoms with Crippen molar-refractivity contribution in [1.82, 2.24) is 0 Å². The largest absolute Gasteiger partial charge is 0.507 e. The van der Waals surface area contributed by atoms with Crippen LogP contribution in [0.2, 0.25) is 0 Å². The number of hydrogen-bond donors (Lipinski definition) is 3. The lowest BCUT2D eigenvalue weighted by Gasteiger charge is -2.05. The van der Waals surface area contributed by atoms with Gasteiger partial charge in [0.25, 0.3) is 0 Å². The van der Waals surface area contributed by atoms with E-state index in [1.54, 1.807) is 18.2 Å². The van der Waals surface area contributed by atoms with Crippen LogP contribution in [0.3, 0.4) is 0 Å². The van der Waals surface area contributed by atoms with Crippen LogP contribution in [-0.2, 0) is 0 Å². The SMILES string of the molecule is Nc1cccc2cc(C(=O)O)c(O)cc12. The Bertz CT molecular complexity index is 549. The zero-order valence-corrected chi connectivity index (χ0v) is 7.77. The van der Waals surface area contributed by atoms with E-state index in [0.29, 0.717) is 16.5 Å². The molecule has 0 bridgehead atoms. The molecule has 2 rings (SSSR count). The summed E-state index contributed by atoms with van der Waals surface area (Å²) in [6.07, 6.45) is 0. The summed E-state index contributed by atoms with van der Waals surface area (Å²) in [6.45, 7) is 0. The molecule has 4 N–H and O–H groups in total. The van der Waals surface area contributed by atoms with E-state index >= 15 is 0 Å². The zero-order valence-electron chi connectivity index (χ0n) is 7.77. The number of nitrogens with two attached hydrogens (primary N) is 1. The van der Waals surface area contributed by atoms with Gasteiger partial charge in [-0.2, -0.15) is 0 Å². The second-order valence-corrected chi connectivity index (χ2v) is 3.24. The molecule has 0 saturated heterocycles. The molecule has 0 fully saturated rings. The molecule has 0 unspecified atom stereocenters. The number of carbonyl (C=O) groups is 1. The number of carboxylic acids is 1. The van der Waals surface area contributed by atoms with Crippen LogP contribution in [0.4, 0.5) is 5.69 Å². The fourth-order valence-electron chi connectivity index (χ4n) is 1.51. The number of aromatic hydroxyl groups is 1. The Morgan fingerprint density at radius 3 is 2.67 bits per heavy atom. The first-order chi connectivity index (χ1) is 7.09. The van der Waals surface area contributed by atoms with Crippen LogP contribution in [0.15, 0.2) is 30.3 Å². The number of nitrogen functional groups attached to an aromatic ring is 1. The highest BCUT2D eigenvalue weighted by Crippen LogP contribution is 2.28. The molecular weight excluding hydrogens is 194 g/mol. The normalized spacial score (nSPS) is 10.4. The van der Waals surface area contributed by atoms with E-state index in [2.05, 4.69) is 0 Å². The summed E-state index contributed by atoms with van der Waals surface area (Å²) in [5.41, 5.74) is 6.09. The third-order valence-corrected chi connectivity index (χ3v) is 2.26. The fraction of sp³-hybridized carbons (Fsp3) is 0. The number of benzene rings is 2. The van der Waals surface area contributed by atoms with Crippen LogP contribution in [0.25, 0.3) is 10.8 Å². The molecule has 15 heavy (non-hydrogen) atoms. The van der Waals surface area contributed by atoms with Crippen molar-refractivity contribution in [3.05, 3.63) is 35.9 Å². The molecule has 2 aromatic carbocycles. The van der Waals surface area contributed by atoms with E-state index < -0.39 is 5.97 Å². The Morgan fingerprint density at radius 1 is 1.27 bits per heavy atom. The molecule has 0 aliphatic carbocycles. The lowest BCUT2D eigenvalue weighted by atomic mass is 10.0. The standard InChI is InChI=1S/C11H9NO3/c12-9-3-1-2-6-4-8(11(14)15)10(13)5-7(6)9/h1-5,13H,12H2,(H,14,15). The average Bonchev–Trinajstić information content (AvgIpc) is 2.18. The van der Waals surface area contributed by atoms with Gasteiger partial charge in [-0.3, -0.25) is 0 Å². The first-order valence-electron chi connectivity index (χ1n) is 4.34.